The van der Waals surface area contributed by atoms with Crippen molar-refractivity contribution in [3.63, 3.8) is 0 Å². The van der Waals surface area contributed by atoms with Gasteiger partial charge in [-0.2, -0.15) is 0 Å². The number of carbonyl (C=O) groups excluding carboxylic acids is 1. The lowest BCUT2D eigenvalue weighted by molar-refractivity contribution is -0.144. The molecule has 0 aliphatic rings. The van der Waals surface area contributed by atoms with Crippen molar-refractivity contribution < 1.29 is 9.53 Å². The van der Waals surface area contributed by atoms with Crippen LogP contribution in [0.2, 0.25) is 0 Å². The van der Waals surface area contributed by atoms with E-state index >= 15 is 0 Å². The van der Waals surface area contributed by atoms with Crippen molar-refractivity contribution in [2.45, 2.75) is 20.3 Å². The molecule has 0 saturated carbocycles. The van der Waals surface area contributed by atoms with E-state index in [0.29, 0.717) is 25.5 Å². The molecule has 0 bridgehead atoms. The molecule has 1 N–H and O–H groups in total. The molecule has 1 aromatic carbocycles. The van der Waals surface area contributed by atoms with Gasteiger partial charge in [0, 0.05) is 12.2 Å². The normalized spacial score (nSPS) is 10.2. The van der Waals surface area contributed by atoms with Gasteiger partial charge in [0.2, 0.25) is 0 Å². The van der Waals surface area contributed by atoms with E-state index in [-0.39, 0.29) is 5.97 Å². The van der Waals surface area contributed by atoms with E-state index in [4.69, 9.17) is 4.74 Å². The molecule has 0 spiro atoms. The Bertz CT molecular complexity index is 309. The molecule has 0 aromatic heterocycles. The smallest absolute Gasteiger partial charge is 0.307 e. The lowest BCUT2D eigenvalue weighted by Crippen LogP contribution is -2.14. The summed E-state index contributed by atoms with van der Waals surface area (Å²) in [5.74, 6) is 0.253. The summed E-state index contributed by atoms with van der Waals surface area (Å²) < 4.78 is 5.06. The van der Waals surface area contributed by atoms with Gasteiger partial charge in [-0.1, -0.05) is 32.0 Å². The van der Waals surface area contributed by atoms with E-state index in [1.807, 2.05) is 44.2 Å². The summed E-state index contributed by atoms with van der Waals surface area (Å²) in [5.41, 5.74) is 1.03. The average molecular weight is 221 g/mol. The highest BCUT2D eigenvalue weighted by Crippen LogP contribution is 2.04. The van der Waals surface area contributed by atoms with E-state index in [0.717, 1.165) is 5.69 Å². The number of benzene rings is 1. The summed E-state index contributed by atoms with van der Waals surface area (Å²) in [5, 5.41) is 3.16. The first-order chi connectivity index (χ1) is 7.68. The number of carbonyl (C=O) groups is 1. The third-order valence-electron chi connectivity index (χ3n) is 2.01. The summed E-state index contributed by atoms with van der Waals surface area (Å²) in [6, 6.07) is 9.82. The third-order valence-corrected chi connectivity index (χ3v) is 2.01. The zero-order valence-electron chi connectivity index (χ0n) is 9.90. The summed E-state index contributed by atoms with van der Waals surface area (Å²) in [6.45, 7) is 5.16. The highest BCUT2D eigenvalue weighted by molar-refractivity contribution is 5.70. The van der Waals surface area contributed by atoms with Crippen LogP contribution in [0.4, 0.5) is 5.69 Å². The fraction of sp³-hybridized carbons (Fsp3) is 0.462. The quantitative estimate of drug-likeness (QED) is 0.750. The van der Waals surface area contributed by atoms with Gasteiger partial charge in [0.1, 0.15) is 0 Å². The Balaban J connectivity index is 2.13. The monoisotopic (exact) mass is 221 g/mol. The average Bonchev–Trinajstić information content (AvgIpc) is 2.28. The lowest BCUT2D eigenvalue weighted by Gasteiger charge is -2.08. The topological polar surface area (TPSA) is 38.3 Å². The molecule has 0 atom stereocenters. The molecule has 88 valence electrons. The first-order valence-corrected chi connectivity index (χ1v) is 5.63. The SMILES string of the molecule is CC(C)COC(=O)CCNc1ccccc1. The second-order valence-electron chi connectivity index (χ2n) is 4.12. The van der Waals surface area contributed by atoms with Crippen LogP contribution in [-0.4, -0.2) is 19.1 Å². The van der Waals surface area contributed by atoms with Gasteiger partial charge in [0.25, 0.3) is 0 Å². The molecule has 0 amide bonds. The Labute approximate surface area is 96.8 Å². The Morgan fingerprint density at radius 3 is 2.62 bits per heavy atom. The number of rotatable bonds is 6. The fourth-order valence-corrected chi connectivity index (χ4v) is 1.20. The summed E-state index contributed by atoms with van der Waals surface area (Å²) >= 11 is 0. The molecule has 0 heterocycles. The maximum Gasteiger partial charge on any atom is 0.307 e. The van der Waals surface area contributed by atoms with E-state index in [2.05, 4.69) is 5.32 Å². The van der Waals surface area contributed by atoms with Crippen molar-refractivity contribution in [3.05, 3.63) is 30.3 Å². The largest absolute Gasteiger partial charge is 0.465 e. The second-order valence-corrected chi connectivity index (χ2v) is 4.12. The number of nitrogens with one attached hydrogen (secondary N) is 1. The van der Waals surface area contributed by atoms with Gasteiger partial charge in [-0.15, -0.1) is 0 Å². The lowest BCUT2D eigenvalue weighted by atomic mass is 10.2. The Morgan fingerprint density at radius 1 is 1.31 bits per heavy atom. The van der Waals surface area contributed by atoms with Crippen molar-refractivity contribution >= 4 is 11.7 Å². The Morgan fingerprint density at radius 2 is 2.00 bits per heavy atom. The highest BCUT2D eigenvalue weighted by Gasteiger charge is 2.03. The number of para-hydroxylation sites is 1. The maximum atomic E-state index is 11.3. The minimum atomic E-state index is -0.142. The Hall–Kier alpha value is -1.51. The predicted molar refractivity (Wildman–Crippen MR) is 65.3 cm³/mol. The molecule has 0 aliphatic heterocycles. The first kappa shape index (κ1) is 12.6. The van der Waals surface area contributed by atoms with Crippen molar-refractivity contribution in [2.24, 2.45) is 5.92 Å². The molecule has 1 rings (SSSR count). The third kappa shape index (κ3) is 5.39. The van der Waals surface area contributed by atoms with Crippen molar-refractivity contribution in [2.75, 3.05) is 18.5 Å². The molecule has 0 aliphatic carbocycles. The van der Waals surface area contributed by atoms with Crippen LogP contribution >= 0.6 is 0 Å². The molecule has 16 heavy (non-hydrogen) atoms. The molecule has 1 aromatic rings. The zero-order chi connectivity index (χ0) is 11.8. The van der Waals surface area contributed by atoms with Gasteiger partial charge in [0.15, 0.2) is 0 Å². The van der Waals surface area contributed by atoms with Gasteiger partial charge in [-0.05, 0) is 18.1 Å². The fourth-order valence-electron chi connectivity index (χ4n) is 1.20. The van der Waals surface area contributed by atoms with Crippen LogP contribution in [0, 0.1) is 5.92 Å². The van der Waals surface area contributed by atoms with Crippen LogP contribution < -0.4 is 5.32 Å². The van der Waals surface area contributed by atoms with E-state index in [1.165, 1.54) is 0 Å². The minimum Gasteiger partial charge on any atom is -0.465 e. The number of ether oxygens (including phenoxy) is 1. The number of esters is 1. The maximum absolute atomic E-state index is 11.3. The molecular weight excluding hydrogens is 202 g/mol. The van der Waals surface area contributed by atoms with Gasteiger partial charge < -0.3 is 10.1 Å². The number of hydrogen-bond donors (Lipinski definition) is 1. The number of hydrogen-bond acceptors (Lipinski definition) is 3. The van der Waals surface area contributed by atoms with Crippen LogP contribution in [0.1, 0.15) is 20.3 Å². The van der Waals surface area contributed by atoms with Crippen molar-refractivity contribution in [1.82, 2.24) is 0 Å². The number of anilines is 1. The second kappa shape index (κ2) is 6.88. The van der Waals surface area contributed by atoms with Crippen LogP contribution in [-0.2, 0) is 9.53 Å². The summed E-state index contributed by atoms with van der Waals surface area (Å²) in [4.78, 5) is 11.3. The molecule has 0 saturated heterocycles. The van der Waals surface area contributed by atoms with Crippen LogP contribution in [0.25, 0.3) is 0 Å². The van der Waals surface area contributed by atoms with Gasteiger partial charge in [-0.25, -0.2) is 0 Å². The van der Waals surface area contributed by atoms with E-state index in [1.54, 1.807) is 0 Å². The highest BCUT2D eigenvalue weighted by atomic mass is 16.5. The molecule has 3 heteroatoms. The zero-order valence-corrected chi connectivity index (χ0v) is 9.90. The van der Waals surface area contributed by atoms with Crippen molar-refractivity contribution in [3.8, 4) is 0 Å². The standard InChI is InChI=1S/C13H19NO2/c1-11(2)10-16-13(15)8-9-14-12-6-4-3-5-7-12/h3-7,11,14H,8-10H2,1-2H3. The van der Waals surface area contributed by atoms with E-state index < -0.39 is 0 Å². The molecular formula is C13H19NO2. The first-order valence-electron chi connectivity index (χ1n) is 5.63. The van der Waals surface area contributed by atoms with Gasteiger partial charge in [0.05, 0.1) is 13.0 Å². The molecule has 3 nitrogen and oxygen atoms in total. The minimum absolute atomic E-state index is 0.142. The van der Waals surface area contributed by atoms with Gasteiger partial charge >= 0.3 is 5.97 Å². The Kier molecular flexibility index (Phi) is 5.40. The van der Waals surface area contributed by atoms with Crippen LogP contribution in [0.15, 0.2) is 30.3 Å². The van der Waals surface area contributed by atoms with Crippen LogP contribution in [0.5, 0.6) is 0 Å². The van der Waals surface area contributed by atoms with Gasteiger partial charge in [-0.3, -0.25) is 4.79 Å². The summed E-state index contributed by atoms with van der Waals surface area (Å²) in [7, 11) is 0. The van der Waals surface area contributed by atoms with E-state index in [9.17, 15) is 4.79 Å². The van der Waals surface area contributed by atoms with Crippen LogP contribution in [0.3, 0.4) is 0 Å². The summed E-state index contributed by atoms with van der Waals surface area (Å²) in [6.07, 6.45) is 0.404. The molecule has 0 radical (unpaired) electrons. The predicted octanol–water partition coefficient (Wildman–Crippen LogP) is 2.69. The van der Waals surface area contributed by atoms with Crippen molar-refractivity contribution in [1.29, 1.82) is 0 Å². The molecule has 0 unspecified atom stereocenters. The molecule has 0 fully saturated rings.